The molecule has 0 spiro atoms. The molecule has 4 aromatic rings. The molecule has 7 nitrogen and oxygen atoms in total. The van der Waals surface area contributed by atoms with Gasteiger partial charge in [-0.3, -0.25) is 19.3 Å². The molecule has 0 amide bonds. The van der Waals surface area contributed by atoms with E-state index in [0.717, 1.165) is 10.6 Å². The van der Waals surface area contributed by atoms with E-state index < -0.39 is 23.0 Å². The van der Waals surface area contributed by atoms with Gasteiger partial charge in [-0.25, -0.2) is 9.97 Å². The number of nitrogens with zero attached hydrogens (tertiary/aromatic N) is 5. The highest BCUT2D eigenvalue weighted by molar-refractivity contribution is 5.78. The predicted molar refractivity (Wildman–Crippen MR) is 111 cm³/mol. The lowest BCUT2D eigenvalue weighted by molar-refractivity contribution is -0.141. The molecule has 0 atom stereocenters. The normalized spacial score (nSPS) is 12.3. The average Bonchev–Trinajstić information content (AvgIpc) is 2.73. The molecule has 10 heteroatoms. The van der Waals surface area contributed by atoms with Gasteiger partial charge in [-0.05, 0) is 43.7 Å². The van der Waals surface area contributed by atoms with Crippen LogP contribution in [0.4, 0.5) is 13.2 Å². The lowest BCUT2D eigenvalue weighted by Gasteiger charge is -2.23. The number of alkyl halides is 3. The number of fused-ring (bicyclic) bond motifs is 1. The third-order valence-electron chi connectivity index (χ3n) is 4.72. The van der Waals surface area contributed by atoms with Gasteiger partial charge in [0.15, 0.2) is 0 Å². The molecular formula is C22H18F3N5O2. The topological polar surface area (TPSA) is 93.8 Å². The van der Waals surface area contributed by atoms with E-state index in [-0.39, 0.29) is 34.3 Å². The first-order valence-electron chi connectivity index (χ1n) is 9.60. The minimum absolute atomic E-state index is 0.0931. The Kier molecular flexibility index (Phi) is 5.25. The number of hydrogen-bond acceptors (Lipinski definition) is 6. The minimum Gasteiger partial charge on any atom is -0.390 e. The van der Waals surface area contributed by atoms with Crippen LogP contribution in [0.15, 0.2) is 60.2 Å². The zero-order valence-corrected chi connectivity index (χ0v) is 17.1. The molecular weight excluding hydrogens is 423 g/mol. The second-order valence-corrected chi connectivity index (χ2v) is 7.91. The smallest absolute Gasteiger partial charge is 0.390 e. The third-order valence-corrected chi connectivity index (χ3v) is 4.72. The SMILES string of the molecule is CC(C)(O)Cc1cc(C(F)(F)F)nc(-c2cccnc2)c1-n1cnc2cnccc2c1=O. The molecule has 32 heavy (non-hydrogen) atoms. The van der Waals surface area contributed by atoms with Crippen molar-refractivity contribution in [2.75, 3.05) is 0 Å². The Morgan fingerprint density at radius 1 is 1.09 bits per heavy atom. The van der Waals surface area contributed by atoms with Crippen molar-refractivity contribution in [2.24, 2.45) is 0 Å². The fourth-order valence-corrected chi connectivity index (χ4v) is 3.44. The number of halogens is 3. The first kappa shape index (κ1) is 21.6. The van der Waals surface area contributed by atoms with E-state index in [0.29, 0.717) is 5.52 Å². The van der Waals surface area contributed by atoms with Crippen LogP contribution in [-0.2, 0) is 12.6 Å². The second kappa shape index (κ2) is 7.79. The van der Waals surface area contributed by atoms with Crippen molar-refractivity contribution in [3.8, 4) is 16.9 Å². The van der Waals surface area contributed by atoms with Crippen molar-refractivity contribution < 1.29 is 18.3 Å². The first-order valence-corrected chi connectivity index (χ1v) is 9.60. The van der Waals surface area contributed by atoms with Crippen LogP contribution in [0, 0.1) is 0 Å². The van der Waals surface area contributed by atoms with Crippen LogP contribution in [0.1, 0.15) is 25.1 Å². The van der Waals surface area contributed by atoms with Crippen molar-refractivity contribution in [1.82, 2.24) is 24.5 Å². The monoisotopic (exact) mass is 441 g/mol. The maximum Gasteiger partial charge on any atom is 0.433 e. The zero-order chi connectivity index (χ0) is 23.1. The molecule has 0 aliphatic rings. The molecule has 0 bridgehead atoms. The molecule has 0 saturated carbocycles. The lowest BCUT2D eigenvalue weighted by Crippen LogP contribution is -2.27. The van der Waals surface area contributed by atoms with Gasteiger partial charge in [0, 0.05) is 30.6 Å². The highest BCUT2D eigenvalue weighted by atomic mass is 19.4. The largest absolute Gasteiger partial charge is 0.433 e. The summed E-state index contributed by atoms with van der Waals surface area (Å²) in [5.41, 5.74) is -2.26. The number of aliphatic hydroxyl groups is 1. The van der Waals surface area contributed by atoms with Crippen molar-refractivity contribution in [3.63, 3.8) is 0 Å². The number of rotatable bonds is 4. The summed E-state index contributed by atoms with van der Waals surface area (Å²) >= 11 is 0. The van der Waals surface area contributed by atoms with E-state index in [1.165, 1.54) is 51.0 Å². The van der Waals surface area contributed by atoms with E-state index in [1.807, 2.05) is 0 Å². The molecule has 0 aromatic carbocycles. The van der Waals surface area contributed by atoms with Gasteiger partial charge in [-0.15, -0.1) is 0 Å². The molecule has 0 unspecified atom stereocenters. The van der Waals surface area contributed by atoms with E-state index in [9.17, 15) is 23.1 Å². The molecule has 0 aliphatic carbocycles. The summed E-state index contributed by atoms with van der Waals surface area (Å²) in [5.74, 6) is 0. The van der Waals surface area contributed by atoms with Gasteiger partial charge in [0.05, 0.1) is 34.1 Å². The van der Waals surface area contributed by atoms with Crippen molar-refractivity contribution in [3.05, 3.63) is 77.0 Å². The fraction of sp³-hybridized carbons (Fsp3) is 0.227. The van der Waals surface area contributed by atoms with Crippen LogP contribution >= 0.6 is 0 Å². The molecule has 1 N–H and O–H groups in total. The van der Waals surface area contributed by atoms with Crippen molar-refractivity contribution in [2.45, 2.75) is 32.0 Å². The van der Waals surface area contributed by atoms with Crippen molar-refractivity contribution >= 4 is 10.9 Å². The van der Waals surface area contributed by atoms with Gasteiger partial charge < -0.3 is 5.11 Å². The number of pyridine rings is 3. The second-order valence-electron chi connectivity index (χ2n) is 7.91. The Bertz CT molecular complexity index is 1350. The van der Waals surface area contributed by atoms with Gasteiger partial charge in [0.25, 0.3) is 5.56 Å². The Morgan fingerprint density at radius 2 is 1.84 bits per heavy atom. The van der Waals surface area contributed by atoms with Gasteiger partial charge in [-0.1, -0.05) is 0 Å². The summed E-state index contributed by atoms with van der Waals surface area (Å²) in [4.78, 5) is 29.3. The Morgan fingerprint density at radius 3 is 2.50 bits per heavy atom. The summed E-state index contributed by atoms with van der Waals surface area (Å²) in [7, 11) is 0. The summed E-state index contributed by atoms with van der Waals surface area (Å²) in [5, 5.41) is 10.7. The molecule has 164 valence electrons. The van der Waals surface area contributed by atoms with Gasteiger partial charge in [-0.2, -0.15) is 13.2 Å². The Balaban J connectivity index is 2.12. The highest BCUT2D eigenvalue weighted by Crippen LogP contribution is 2.35. The Labute approximate surface area is 180 Å². The highest BCUT2D eigenvalue weighted by Gasteiger charge is 2.35. The van der Waals surface area contributed by atoms with Crippen molar-refractivity contribution in [1.29, 1.82) is 0 Å². The first-order chi connectivity index (χ1) is 15.0. The maximum atomic E-state index is 13.7. The molecule has 0 radical (unpaired) electrons. The van der Waals surface area contributed by atoms with E-state index in [2.05, 4.69) is 19.9 Å². The summed E-state index contributed by atoms with van der Waals surface area (Å²) in [6.45, 7) is 2.95. The average molecular weight is 441 g/mol. The Hall–Kier alpha value is -3.66. The van der Waals surface area contributed by atoms with Crippen LogP contribution in [0.3, 0.4) is 0 Å². The van der Waals surface area contributed by atoms with Gasteiger partial charge in [0.1, 0.15) is 12.0 Å². The van der Waals surface area contributed by atoms with Crippen LogP contribution in [-0.4, -0.2) is 35.2 Å². The fourth-order valence-electron chi connectivity index (χ4n) is 3.44. The predicted octanol–water partition coefficient (Wildman–Crippen LogP) is 3.57. The molecule has 4 heterocycles. The maximum absolute atomic E-state index is 13.7. The van der Waals surface area contributed by atoms with Crippen LogP contribution in [0.2, 0.25) is 0 Å². The molecule has 0 saturated heterocycles. The number of hydrogen-bond donors (Lipinski definition) is 1. The third kappa shape index (κ3) is 4.22. The van der Waals surface area contributed by atoms with Gasteiger partial charge in [0.2, 0.25) is 0 Å². The summed E-state index contributed by atoms with van der Waals surface area (Å²) in [6, 6.07) is 5.45. The van der Waals surface area contributed by atoms with E-state index in [4.69, 9.17) is 0 Å². The quantitative estimate of drug-likeness (QED) is 0.521. The molecule has 4 aromatic heterocycles. The molecule has 0 fully saturated rings. The standard InChI is InChI=1S/C22H18F3N5O2/c1-21(2,32)9-14-8-17(22(23,24)25)29-18(13-4-3-6-26-10-13)19(14)30-12-28-16-11-27-7-5-15(16)20(30)31/h3-8,10-12,32H,9H2,1-2H3. The summed E-state index contributed by atoms with van der Waals surface area (Å²) < 4.78 is 42.2. The van der Waals surface area contributed by atoms with Crippen LogP contribution < -0.4 is 5.56 Å². The summed E-state index contributed by atoms with van der Waals surface area (Å²) in [6.07, 6.45) is 2.02. The minimum atomic E-state index is -4.73. The molecule has 4 rings (SSSR count). The number of aromatic nitrogens is 5. The van der Waals surface area contributed by atoms with Crippen LogP contribution in [0.25, 0.3) is 27.8 Å². The zero-order valence-electron chi connectivity index (χ0n) is 17.1. The van der Waals surface area contributed by atoms with E-state index in [1.54, 1.807) is 12.1 Å². The van der Waals surface area contributed by atoms with E-state index >= 15 is 0 Å². The van der Waals surface area contributed by atoms with Gasteiger partial charge >= 0.3 is 6.18 Å². The van der Waals surface area contributed by atoms with Crippen LogP contribution in [0.5, 0.6) is 0 Å². The lowest BCUT2D eigenvalue weighted by atomic mass is 9.95. The molecule has 0 aliphatic heterocycles.